The molecule has 5 nitrogen and oxygen atoms in total. The molecule has 1 aliphatic rings. The van der Waals surface area contributed by atoms with Crippen LogP contribution in [0.5, 0.6) is 11.8 Å². The second-order valence-corrected chi connectivity index (χ2v) is 5.54. The highest BCUT2D eigenvalue weighted by Gasteiger charge is 2.16. The maximum Gasteiger partial charge on any atom is 0.297 e. The molecule has 0 amide bonds. The number of methoxy groups -OCH3 is 1. The van der Waals surface area contributed by atoms with Crippen molar-refractivity contribution in [3.63, 3.8) is 0 Å². The number of imidazole rings is 1. The van der Waals surface area contributed by atoms with E-state index < -0.39 is 0 Å². The molecule has 112 valence electrons. The molecule has 2 aromatic carbocycles. The van der Waals surface area contributed by atoms with Gasteiger partial charge < -0.3 is 9.62 Å². The van der Waals surface area contributed by atoms with Crippen LogP contribution in [0.2, 0.25) is 5.02 Å². The van der Waals surface area contributed by atoms with Crippen LogP contribution in [-0.4, -0.2) is 16.7 Å². The van der Waals surface area contributed by atoms with Crippen molar-refractivity contribution in [1.29, 1.82) is 0 Å². The van der Waals surface area contributed by atoms with Crippen LogP contribution in [0.1, 0.15) is 11.1 Å². The van der Waals surface area contributed by atoms with E-state index in [2.05, 4.69) is 11.1 Å². The fourth-order valence-electron chi connectivity index (χ4n) is 2.62. The van der Waals surface area contributed by atoms with Crippen molar-refractivity contribution >= 4 is 22.6 Å². The van der Waals surface area contributed by atoms with Crippen LogP contribution < -0.4 is 9.62 Å². The molecule has 0 unspecified atom stereocenters. The van der Waals surface area contributed by atoms with Gasteiger partial charge in [0.15, 0.2) is 5.75 Å². The van der Waals surface area contributed by atoms with E-state index in [0.29, 0.717) is 24.2 Å². The normalized spacial score (nSPS) is 13.2. The summed E-state index contributed by atoms with van der Waals surface area (Å²) in [6, 6.07) is 12.2. The van der Waals surface area contributed by atoms with Gasteiger partial charge in [-0.3, -0.25) is 4.57 Å². The average Bonchev–Trinajstić information content (AvgIpc) is 3.11. The molecular formula is C16H13ClN2O3. The first kappa shape index (κ1) is 13.4. The van der Waals surface area contributed by atoms with E-state index >= 15 is 0 Å². The Kier molecular flexibility index (Phi) is 3.17. The highest BCUT2D eigenvalue weighted by Crippen LogP contribution is 2.29. The van der Waals surface area contributed by atoms with Crippen molar-refractivity contribution in [2.45, 2.75) is 13.2 Å². The summed E-state index contributed by atoms with van der Waals surface area (Å²) in [5, 5.41) is 0.655. The Morgan fingerprint density at radius 1 is 1.27 bits per heavy atom. The van der Waals surface area contributed by atoms with Crippen molar-refractivity contribution in [1.82, 2.24) is 9.55 Å². The molecule has 0 fully saturated rings. The fraction of sp³-hybridized carbons (Fsp3) is 0.188. The predicted octanol–water partition coefficient (Wildman–Crippen LogP) is 3.57. The first-order chi connectivity index (χ1) is 10.7. The van der Waals surface area contributed by atoms with E-state index in [4.69, 9.17) is 26.1 Å². The van der Waals surface area contributed by atoms with Crippen molar-refractivity contribution in [3.8, 4) is 11.8 Å². The van der Waals surface area contributed by atoms with Crippen molar-refractivity contribution < 1.29 is 14.5 Å². The molecular weight excluding hydrogens is 304 g/mol. The van der Waals surface area contributed by atoms with Gasteiger partial charge in [0.2, 0.25) is 0 Å². The van der Waals surface area contributed by atoms with Gasteiger partial charge >= 0.3 is 0 Å². The Balaban J connectivity index is 1.77. The Morgan fingerprint density at radius 2 is 2.18 bits per heavy atom. The van der Waals surface area contributed by atoms with Gasteiger partial charge in [0.25, 0.3) is 6.01 Å². The smallest absolute Gasteiger partial charge is 0.297 e. The number of fused-ring (bicyclic) bond motifs is 2. The van der Waals surface area contributed by atoms with E-state index in [1.807, 2.05) is 34.9 Å². The summed E-state index contributed by atoms with van der Waals surface area (Å²) in [5.74, 6) is 0.768. The van der Waals surface area contributed by atoms with Gasteiger partial charge in [-0.15, -0.1) is 0 Å². The molecule has 6 heteroatoms. The lowest BCUT2D eigenvalue weighted by molar-refractivity contribution is -0.194. The number of hydrogen-bond acceptors (Lipinski definition) is 4. The lowest BCUT2D eigenvalue weighted by Crippen LogP contribution is -2.02. The standard InChI is InChI=1S/C16H13ClN2O3/c1-20-16-18-13-7-12(17)4-5-14(13)19(16)8-10-2-3-11-9-21-22-15(11)6-10/h2-7H,8-9H2,1H3. The van der Waals surface area contributed by atoms with E-state index in [1.54, 1.807) is 7.11 Å². The summed E-state index contributed by atoms with van der Waals surface area (Å²) in [6.07, 6.45) is 0. The number of hydrogen-bond donors (Lipinski definition) is 0. The van der Waals surface area contributed by atoms with Gasteiger partial charge in [0.05, 0.1) is 24.7 Å². The summed E-state index contributed by atoms with van der Waals surface area (Å²) in [4.78, 5) is 14.6. The Bertz CT molecular complexity index is 860. The Hall–Kier alpha value is -2.24. The number of nitrogens with zero attached hydrogens (tertiary/aromatic N) is 2. The minimum Gasteiger partial charge on any atom is -0.468 e. The molecule has 0 atom stereocenters. The minimum absolute atomic E-state index is 0.492. The summed E-state index contributed by atoms with van der Waals surface area (Å²) in [5.41, 5.74) is 3.92. The predicted molar refractivity (Wildman–Crippen MR) is 82.3 cm³/mol. The number of aromatic nitrogens is 2. The van der Waals surface area contributed by atoms with Crippen LogP contribution in [0.15, 0.2) is 36.4 Å². The third-order valence-corrected chi connectivity index (χ3v) is 3.93. The molecule has 22 heavy (non-hydrogen) atoms. The Labute approximate surface area is 131 Å². The van der Waals surface area contributed by atoms with E-state index in [-0.39, 0.29) is 0 Å². The number of benzene rings is 2. The lowest BCUT2D eigenvalue weighted by Gasteiger charge is -2.08. The van der Waals surface area contributed by atoms with Crippen molar-refractivity contribution in [3.05, 3.63) is 52.5 Å². The SMILES string of the molecule is COc1nc2cc(Cl)ccc2n1Cc1ccc2c(c1)OOC2. The van der Waals surface area contributed by atoms with Crippen LogP contribution in [0.25, 0.3) is 11.0 Å². The van der Waals surface area contributed by atoms with Crippen molar-refractivity contribution in [2.75, 3.05) is 7.11 Å². The maximum absolute atomic E-state index is 6.03. The quantitative estimate of drug-likeness (QED) is 0.693. The maximum atomic E-state index is 6.03. The molecule has 0 bridgehead atoms. The largest absolute Gasteiger partial charge is 0.468 e. The number of rotatable bonds is 3. The summed E-state index contributed by atoms with van der Waals surface area (Å²) < 4.78 is 7.39. The zero-order valence-corrected chi connectivity index (χ0v) is 12.6. The molecule has 0 radical (unpaired) electrons. The molecule has 0 spiro atoms. The molecule has 0 aliphatic carbocycles. The van der Waals surface area contributed by atoms with Gasteiger partial charge in [0, 0.05) is 10.6 Å². The second-order valence-electron chi connectivity index (χ2n) is 5.11. The highest BCUT2D eigenvalue weighted by atomic mass is 35.5. The van der Waals surface area contributed by atoms with E-state index in [9.17, 15) is 0 Å². The van der Waals surface area contributed by atoms with Gasteiger partial charge in [-0.1, -0.05) is 23.7 Å². The molecule has 1 aliphatic heterocycles. The zero-order chi connectivity index (χ0) is 15.1. The van der Waals surface area contributed by atoms with Crippen LogP contribution in [-0.2, 0) is 18.0 Å². The molecule has 0 N–H and O–H groups in total. The fourth-order valence-corrected chi connectivity index (χ4v) is 2.79. The zero-order valence-electron chi connectivity index (χ0n) is 11.9. The molecule has 0 saturated heterocycles. The van der Waals surface area contributed by atoms with Gasteiger partial charge in [-0.05, 0) is 29.8 Å². The summed E-state index contributed by atoms with van der Waals surface area (Å²) in [7, 11) is 1.61. The lowest BCUT2D eigenvalue weighted by atomic mass is 10.1. The third kappa shape index (κ3) is 2.19. The second kappa shape index (κ2) is 5.19. The third-order valence-electron chi connectivity index (χ3n) is 3.69. The molecule has 1 aromatic heterocycles. The first-order valence-electron chi connectivity index (χ1n) is 6.85. The molecule has 4 rings (SSSR count). The van der Waals surface area contributed by atoms with Crippen LogP contribution in [0.4, 0.5) is 0 Å². The average molecular weight is 317 g/mol. The van der Waals surface area contributed by atoms with E-state index in [0.717, 1.165) is 27.9 Å². The van der Waals surface area contributed by atoms with Crippen LogP contribution >= 0.6 is 11.6 Å². The molecule has 3 aromatic rings. The summed E-state index contributed by atoms with van der Waals surface area (Å²) >= 11 is 6.03. The van der Waals surface area contributed by atoms with Gasteiger partial charge in [-0.2, -0.15) is 9.87 Å². The number of ether oxygens (including phenoxy) is 1. The highest BCUT2D eigenvalue weighted by molar-refractivity contribution is 6.31. The topological polar surface area (TPSA) is 45.5 Å². The minimum atomic E-state index is 0.492. The summed E-state index contributed by atoms with van der Waals surface area (Å²) in [6.45, 7) is 1.11. The van der Waals surface area contributed by atoms with Crippen LogP contribution in [0, 0.1) is 0 Å². The number of halogens is 1. The monoisotopic (exact) mass is 316 g/mol. The van der Waals surface area contributed by atoms with Crippen LogP contribution in [0.3, 0.4) is 0 Å². The van der Waals surface area contributed by atoms with Gasteiger partial charge in [-0.25, -0.2) is 0 Å². The van der Waals surface area contributed by atoms with E-state index in [1.165, 1.54) is 0 Å². The Morgan fingerprint density at radius 3 is 3.05 bits per heavy atom. The molecule has 2 heterocycles. The van der Waals surface area contributed by atoms with Crippen molar-refractivity contribution in [2.24, 2.45) is 0 Å². The van der Waals surface area contributed by atoms with Gasteiger partial charge in [0.1, 0.15) is 6.61 Å². The first-order valence-corrected chi connectivity index (χ1v) is 7.23. The molecule has 0 saturated carbocycles.